The summed E-state index contributed by atoms with van der Waals surface area (Å²) in [6, 6.07) is 4.37. The number of hydrogen-bond acceptors (Lipinski definition) is 7. The van der Waals surface area contributed by atoms with E-state index in [9.17, 15) is 31.9 Å². The summed E-state index contributed by atoms with van der Waals surface area (Å²) in [4.78, 5) is 41.9. The van der Waals surface area contributed by atoms with Gasteiger partial charge in [0.2, 0.25) is 0 Å². The number of ether oxygens (including phenoxy) is 3. The first-order chi connectivity index (χ1) is 16.4. The SMILES string of the molecule is CCOC(=O)COc1ncccc1Oc1cc(-n2c(=O)[nH]c(C(F)(F)F)c(C)c2=O)c(F)cc1Cl. The van der Waals surface area contributed by atoms with Crippen molar-refractivity contribution in [3.8, 4) is 23.1 Å². The van der Waals surface area contributed by atoms with Crippen molar-refractivity contribution in [1.82, 2.24) is 14.5 Å². The minimum Gasteiger partial charge on any atom is -0.463 e. The first-order valence-corrected chi connectivity index (χ1v) is 10.2. The molecule has 3 rings (SSSR count). The van der Waals surface area contributed by atoms with Crippen molar-refractivity contribution in [1.29, 1.82) is 0 Å². The second-order valence-corrected chi connectivity index (χ2v) is 7.21. The van der Waals surface area contributed by atoms with Gasteiger partial charge in [-0.3, -0.25) is 4.79 Å². The Morgan fingerprint density at radius 2 is 1.94 bits per heavy atom. The number of benzene rings is 1. The van der Waals surface area contributed by atoms with Crippen LogP contribution in [0, 0.1) is 12.7 Å². The lowest BCUT2D eigenvalue weighted by molar-refractivity contribution is -0.145. The number of carbonyl (C=O) groups excluding carboxylic acids is 1. The van der Waals surface area contributed by atoms with E-state index in [4.69, 9.17) is 25.8 Å². The van der Waals surface area contributed by atoms with Gasteiger partial charge < -0.3 is 19.2 Å². The molecule has 0 unspecified atom stereocenters. The fraction of sp³-hybridized carbons (Fsp3) is 0.238. The quantitative estimate of drug-likeness (QED) is 0.375. The molecule has 0 bridgehead atoms. The predicted molar refractivity (Wildman–Crippen MR) is 114 cm³/mol. The number of H-pyrrole nitrogens is 1. The molecule has 0 amide bonds. The Kier molecular flexibility index (Phi) is 7.48. The molecular formula is C21H16ClF4N3O6. The third kappa shape index (κ3) is 5.62. The number of nitrogens with zero attached hydrogens (tertiary/aromatic N) is 2. The minimum atomic E-state index is -5.01. The summed E-state index contributed by atoms with van der Waals surface area (Å²) in [5.74, 6) is -2.40. The van der Waals surface area contributed by atoms with Gasteiger partial charge in [0, 0.05) is 17.8 Å². The Labute approximate surface area is 198 Å². The van der Waals surface area contributed by atoms with E-state index >= 15 is 0 Å². The van der Waals surface area contributed by atoms with Gasteiger partial charge in [-0.25, -0.2) is 23.5 Å². The molecule has 0 aliphatic heterocycles. The van der Waals surface area contributed by atoms with Crippen molar-refractivity contribution in [3.05, 3.63) is 73.4 Å². The molecule has 186 valence electrons. The van der Waals surface area contributed by atoms with Gasteiger partial charge in [-0.1, -0.05) is 11.6 Å². The van der Waals surface area contributed by atoms with Gasteiger partial charge in [0.25, 0.3) is 11.4 Å². The van der Waals surface area contributed by atoms with E-state index in [0.717, 1.165) is 13.0 Å². The van der Waals surface area contributed by atoms with E-state index in [-0.39, 0.29) is 33.6 Å². The van der Waals surface area contributed by atoms with Gasteiger partial charge >= 0.3 is 17.8 Å². The maximum Gasteiger partial charge on any atom is 0.431 e. The van der Waals surface area contributed by atoms with Gasteiger partial charge in [-0.05, 0) is 32.0 Å². The number of nitrogens with one attached hydrogen (secondary N) is 1. The molecule has 1 aromatic carbocycles. The molecule has 0 fully saturated rings. The molecule has 2 heterocycles. The zero-order valence-corrected chi connectivity index (χ0v) is 18.8. The molecule has 0 aliphatic rings. The average Bonchev–Trinajstić information content (AvgIpc) is 2.78. The highest BCUT2D eigenvalue weighted by Crippen LogP contribution is 2.36. The molecular weight excluding hydrogens is 502 g/mol. The van der Waals surface area contributed by atoms with E-state index in [1.165, 1.54) is 18.3 Å². The Bertz CT molecular complexity index is 1390. The average molecular weight is 518 g/mol. The Balaban J connectivity index is 2.05. The molecule has 14 heteroatoms. The molecule has 0 saturated heterocycles. The van der Waals surface area contributed by atoms with Crippen molar-refractivity contribution in [2.45, 2.75) is 20.0 Å². The summed E-state index contributed by atoms with van der Waals surface area (Å²) in [5, 5.41) is -0.306. The van der Waals surface area contributed by atoms with Crippen LogP contribution in [0.4, 0.5) is 17.6 Å². The van der Waals surface area contributed by atoms with E-state index in [2.05, 4.69) is 4.98 Å². The molecule has 0 radical (unpaired) electrons. The molecule has 0 aliphatic carbocycles. The smallest absolute Gasteiger partial charge is 0.431 e. The van der Waals surface area contributed by atoms with E-state index in [1.807, 2.05) is 0 Å². The predicted octanol–water partition coefficient (Wildman–Crippen LogP) is 3.77. The summed E-state index contributed by atoms with van der Waals surface area (Å²) in [6.45, 7) is 2.07. The molecule has 35 heavy (non-hydrogen) atoms. The maximum atomic E-state index is 14.7. The van der Waals surface area contributed by atoms with Crippen LogP contribution in [0.1, 0.15) is 18.2 Å². The molecule has 1 N–H and O–H groups in total. The molecule has 3 aromatic rings. The Hall–Kier alpha value is -3.87. The lowest BCUT2D eigenvalue weighted by atomic mass is 10.2. The van der Waals surface area contributed by atoms with Gasteiger partial charge in [0.05, 0.1) is 17.3 Å². The summed E-state index contributed by atoms with van der Waals surface area (Å²) in [5.41, 5.74) is -6.04. The van der Waals surface area contributed by atoms with Crippen LogP contribution in [0.3, 0.4) is 0 Å². The van der Waals surface area contributed by atoms with Crippen molar-refractivity contribution < 1.29 is 36.6 Å². The number of hydrogen-bond donors (Lipinski definition) is 1. The normalized spacial score (nSPS) is 11.3. The fourth-order valence-electron chi connectivity index (χ4n) is 2.90. The largest absolute Gasteiger partial charge is 0.463 e. The monoisotopic (exact) mass is 517 g/mol. The van der Waals surface area contributed by atoms with Gasteiger partial charge in [0.15, 0.2) is 12.4 Å². The van der Waals surface area contributed by atoms with Crippen LogP contribution in [0.15, 0.2) is 40.1 Å². The van der Waals surface area contributed by atoms with Crippen LogP contribution in [0.5, 0.6) is 17.4 Å². The first-order valence-electron chi connectivity index (χ1n) is 9.77. The molecule has 0 saturated carbocycles. The van der Waals surface area contributed by atoms with Crippen molar-refractivity contribution >= 4 is 17.6 Å². The molecule has 0 atom stereocenters. The van der Waals surface area contributed by atoms with Crippen molar-refractivity contribution in [3.63, 3.8) is 0 Å². The fourth-order valence-corrected chi connectivity index (χ4v) is 3.09. The lowest BCUT2D eigenvalue weighted by Gasteiger charge is -2.15. The molecule has 0 spiro atoms. The Morgan fingerprint density at radius 3 is 2.60 bits per heavy atom. The number of pyridine rings is 1. The van der Waals surface area contributed by atoms with Crippen LogP contribution in [-0.4, -0.2) is 33.7 Å². The zero-order chi connectivity index (χ0) is 25.9. The van der Waals surface area contributed by atoms with Gasteiger partial charge in [-0.2, -0.15) is 13.2 Å². The second-order valence-electron chi connectivity index (χ2n) is 6.80. The van der Waals surface area contributed by atoms with Crippen molar-refractivity contribution in [2.24, 2.45) is 0 Å². The highest BCUT2D eigenvalue weighted by molar-refractivity contribution is 6.32. The van der Waals surface area contributed by atoms with Crippen molar-refractivity contribution in [2.75, 3.05) is 13.2 Å². The summed E-state index contributed by atoms with van der Waals surface area (Å²) in [6.07, 6.45) is -3.68. The van der Waals surface area contributed by atoms with Crippen LogP contribution in [0.2, 0.25) is 5.02 Å². The van der Waals surface area contributed by atoms with E-state index in [0.29, 0.717) is 6.07 Å². The summed E-state index contributed by atoms with van der Waals surface area (Å²) < 4.78 is 69.8. The van der Waals surface area contributed by atoms with Crippen LogP contribution in [-0.2, 0) is 15.7 Å². The number of alkyl halides is 3. The molecule has 9 nitrogen and oxygen atoms in total. The molecule has 2 aromatic heterocycles. The number of carbonyl (C=O) groups is 1. The standard InChI is InChI=1S/C21H16ClF4N3O6/c1-3-33-16(30)9-34-18-14(5-4-6-27-18)35-15-8-13(12(23)7-11(15)22)29-19(31)10(2)17(21(24,25)26)28-20(29)32/h4-8H,3,9H2,1-2H3,(H,28,32). The van der Waals surface area contributed by atoms with Crippen LogP contribution in [0.25, 0.3) is 5.69 Å². The second kappa shape index (κ2) is 10.2. The minimum absolute atomic E-state index is 0.0823. The maximum absolute atomic E-state index is 14.7. The van der Waals surface area contributed by atoms with E-state index < -0.39 is 52.8 Å². The van der Waals surface area contributed by atoms with Crippen LogP contribution >= 0.6 is 11.6 Å². The number of aromatic nitrogens is 3. The van der Waals surface area contributed by atoms with Gasteiger partial charge in [0.1, 0.15) is 17.3 Å². The van der Waals surface area contributed by atoms with Gasteiger partial charge in [-0.15, -0.1) is 0 Å². The van der Waals surface area contributed by atoms with E-state index in [1.54, 1.807) is 11.9 Å². The Morgan fingerprint density at radius 1 is 1.23 bits per heavy atom. The summed E-state index contributed by atoms with van der Waals surface area (Å²) in [7, 11) is 0. The topological polar surface area (TPSA) is 113 Å². The van der Waals surface area contributed by atoms with Crippen LogP contribution < -0.4 is 20.7 Å². The lowest BCUT2D eigenvalue weighted by Crippen LogP contribution is -2.38. The first kappa shape index (κ1) is 25.7. The number of esters is 1. The number of halogens is 5. The third-order valence-electron chi connectivity index (χ3n) is 4.45. The number of aromatic amines is 1. The summed E-state index contributed by atoms with van der Waals surface area (Å²) >= 11 is 6.03. The number of rotatable bonds is 7. The third-order valence-corrected chi connectivity index (χ3v) is 4.74. The zero-order valence-electron chi connectivity index (χ0n) is 18.0. The highest BCUT2D eigenvalue weighted by atomic mass is 35.5. The highest BCUT2D eigenvalue weighted by Gasteiger charge is 2.36.